The Kier molecular flexibility index (Phi) is 7.26. The summed E-state index contributed by atoms with van der Waals surface area (Å²) < 4.78 is 0. The molecule has 0 aliphatic rings. The maximum atomic E-state index is 10.8. The molecule has 64 valence electrons. The van der Waals surface area contributed by atoms with Crippen LogP contribution in [0.15, 0.2) is 12.2 Å². The largest absolute Gasteiger partial charge is 0.353 e. The van der Waals surface area contributed by atoms with Crippen LogP contribution in [0.2, 0.25) is 0 Å². The minimum absolute atomic E-state index is 0.0306. The number of carbonyl (C=O) groups excluding carboxylic acids is 1. The Morgan fingerprint density at radius 2 is 2.36 bits per heavy atom. The topological polar surface area (TPSA) is 29.1 Å². The van der Waals surface area contributed by atoms with Gasteiger partial charge < -0.3 is 5.32 Å². The number of amides is 1. The third kappa shape index (κ3) is 7.40. The highest BCUT2D eigenvalue weighted by atomic mass is 35.5. The van der Waals surface area contributed by atoms with Gasteiger partial charge in [-0.05, 0) is 18.9 Å². The van der Waals surface area contributed by atoms with E-state index in [2.05, 4.69) is 5.32 Å². The normalized spacial score (nSPS) is 10.4. The van der Waals surface area contributed by atoms with Gasteiger partial charge in [0.15, 0.2) is 0 Å². The van der Waals surface area contributed by atoms with Crippen molar-refractivity contribution >= 4 is 17.5 Å². The summed E-state index contributed by atoms with van der Waals surface area (Å²) in [7, 11) is 0. The average Bonchev–Trinajstić information content (AvgIpc) is 2.01. The fourth-order valence-electron chi connectivity index (χ4n) is 0.560. The molecule has 0 spiro atoms. The quantitative estimate of drug-likeness (QED) is 0.500. The first kappa shape index (κ1) is 10.5. The van der Waals surface area contributed by atoms with Crippen LogP contribution in [0.4, 0.5) is 0 Å². The van der Waals surface area contributed by atoms with Gasteiger partial charge in [0.05, 0.1) is 0 Å². The van der Waals surface area contributed by atoms with Crippen LogP contribution >= 0.6 is 11.6 Å². The van der Waals surface area contributed by atoms with Crippen molar-refractivity contribution in [3.05, 3.63) is 12.2 Å². The molecule has 0 radical (unpaired) electrons. The van der Waals surface area contributed by atoms with E-state index in [0.29, 0.717) is 5.88 Å². The third-order valence-corrected chi connectivity index (χ3v) is 1.31. The second-order valence-electron chi connectivity index (χ2n) is 2.17. The maximum absolute atomic E-state index is 10.8. The summed E-state index contributed by atoms with van der Waals surface area (Å²) in [5, 5.41) is 2.72. The van der Waals surface area contributed by atoms with Crippen LogP contribution in [-0.4, -0.2) is 18.3 Å². The molecule has 1 amide bonds. The molecule has 0 aliphatic carbocycles. The molecule has 0 rings (SSSR count). The Bertz CT molecular complexity index is 134. The molecular weight excluding hydrogens is 162 g/mol. The third-order valence-electron chi connectivity index (χ3n) is 1.09. The lowest BCUT2D eigenvalue weighted by atomic mass is 10.4. The fourth-order valence-corrected chi connectivity index (χ4v) is 0.686. The van der Waals surface area contributed by atoms with Crippen LogP contribution < -0.4 is 5.32 Å². The van der Waals surface area contributed by atoms with Gasteiger partial charge in [0.2, 0.25) is 5.91 Å². The Labute approximate surface area is 72.6 Å². The number of nitrogens with one attached hydrogen (secondary N) is 1. The van der Waals surface area contributed by atoms with Crippen LogP contribution in [0.1, 0.15) is 19.8 Å². The van der Waals surface area contributed by atoms with Crippen molar-refractivity contribution in [3.8, 4) is 0 Å². The molecule has 0 aromatic rings. The molecule has 0 saturated carbocycles. The average molecular weight is 176 g/mol. The van der Waals surface area contributed by atoms with Gasteiger partial charge in [-0.3, -0.25) is 4.79 Å². The first-order valence-electron chi connectivity index (χ1n) is 3.81. The highest BCUT2D eigenvalue weighted by molar-refractivity contribution is 6.17. The van der Waals surface area contributed by atoms with Gasteiger partial charge in [0, 0.05) is 12.4 Å². The number of halogens is 1. The van der Waals surface area contributed by atoms with Crippen LogP contribution in [0.5, 0.6) is 0 Å². The van der Waals surface area contributed by atoms with E-state index in [0.717, 1.165) is 19.4 Å². The van der Waals surface area contributed by atoms with Crippen LogP contribution in [0, 0.1) is 0 Å². The van der Waals surface area contributed by atoms with Gasteiger partial charge in [-0.25, -0.2) is 0 Å². The van der Waals surface area contributed by atoms with Crippen LogP contribution in [0.3, 0.4) is 0 Å². The van der Waals surface area contributed by atoms with Crippen molar-refractivity contribution in [1.29, 1.82) is 0 Å². The Morgan fingerprint density at radius 3 is 2.91 bits per heavy atom. The fraction of sp³-hybridized carbons (Fsp3) is 0.625. The summed E-state index contributed by atoms with van der Waals surface area (Å²) in [6.07, 6.45) is 5.02. The predicted molar refractivity (Wildman–Crippen MR) is 47.8 cm³/mol. The zero-order valence-electron chi connectivity index (χ0n) is 6.77. The molecule has 2 nitrogen and oxygen atoms in total. The SMILES string of the molecule is CCCNC(=O)C=CCCCl. The zero-order chi connectivity index (χ0) is 8.53. The van der Waals surface area contributed by atoms with Crippen LogP contribution in [-0.2, 0) is 4.79 Å². The molecule has 3 heteroatoms. The van der Waals surface area contributed by atoms with E-state index < -0.39 is 0 Å². The Morgan fingerprint density at radius 1 is 1.64 bits per heavy atom. The predicted octanol–water partition coefficient (Wildman–Crippen LogP) is 1.70. The van der Waals surface area contributed by atoms with Crippen LogP contribution in [0.25, 0.3) is 0 Å². The number of hydrogen-bond donors (Lipinski definition) is 1. The second-order valence-corrected chi connectivity index (χ2v) is 2.55. The van der Waals surface area contributed by atoms with Crippen molar-refractivity contribution < 1.29 is 4.79 Å². The summed E-state index contributed by atoms with van der Waals surface area (Å²) in [4.78, 5) is 10.8. The molecule has 0 aliphatic heterocycles. The Balaban J connectivity index is 3.35. The first-order valence-corrected chi connectivity index (χ1v) is 4.35. The Hall–Kier alpha value is -0.500. The van der Waals surface area contributed by atoms with Gasteiger partial charge in [-0.2, -0.15) is 0 Å². The van der Waals surface area contributed by atoms with E-state index in [9.17, 15) is 4.79 Å². The minimum Gasteiger partial charge on any atom is -0.353 e. The molecule has 1 N–H and O–H groups in total. The van der Waals surface area contributed by atoms with E-state index >= 15 is 0 Å². The highest BCUT2D eigenvalue weighted by Gasteiger charge is 1.90. The number of hydrogen-bond acceptors (Lipinski definition) is 1. The summed E-state index contributed by atoms with van der Waals surface area (Å²) in [6, 6.07) is 0. The molecule has 11 heavy (non-hydrogen) atoms. The van der Waals surface area contributed by atoms with Gasteiger partial charge in [0.25, 0.3) is 0 Å². The molecule has 0 heterocycles. The van der Waals surface area contributed by atoms with Crippen molar-refractivity contribution in [1.82, 2.24) is 5.32 Å². The van der Waals surface area contributed by atoms with E-state index in [1.807, 2.05) is 6.92 Å². The number of alkyl halides is 1. The lowest BCUT2D eigenvalue weighted by Gasteiger charge is -1.96. The van der Waals surface area contributed by atoms with E-state index in [1.165, 1.54) is 6.08 Å². The summed E-state index contributed by atoms with van der Waals surface area (Å²) >= 11 is 5.41. The summed E-state index contributed by atoms with van der Waals surface area (Å²) in [6.45, 7) is 2.76. The first-order chi connectivity index (χ1) is 5.31. The second kappa shape index (κ2) is 7.61. The lowest BCUT2D eigenvalue weighted by molar-refractivity contribution is -0.116. The molecular formula is C8H14ClNO. The van der Waals surface area contributed by atoms with E-state index in [4.69, 9.17) is 11.6 Å². The molecule has 0 fully saturated rings. The number of rotatable bonds is 5. The lowest BCUT2D eigenvalue weighted by Crippen LogP contribution is -2.21. The van der Waals surface area contributed by atoms with E-state index in [1.54, 1.807) is 6.08 Å². The van der Waals surface area contributed by atoms with Crippen molar-refractivity contribution in [2.75, 3.05) is 12.4 Å². The molecule has 0 unspecified atom stereocenters. The zero-order valence-corrected chi connectivity index (χ0v) is 7.53. The van der Waals surface area contributed by atoms with Gasteiger partial charge >= 0.3 is 0 Å². The van der Waals surface area contributed by atoms with Gasteiger partial charge in [-0.1, -0.05) is 13.0 Å². The number of allylic oxidation sites excluding steroid dienone is 1. The molecule has 0 saturated heterocycles. The van der Waals surface area contributed by atoms with Gasteiger partial charge in [-0.15, -0.1) is 11.6 Å². The number of carbonyl (C=O) groups is 1. The smallest absolute Gasteiger partial charge is 0.243 e. The molecule has 0 bridgehead atoms. The highest BCUT2D eigenvalue weighted by Crippen LogP contribution is 1.86. The standard InChI is InChI=1S/C8H14ClNO/c1-2-7-10-8(11)5-3-4-6-9/h3,5H,2,4,6-7H2,1H3,(H,10,11). The van der Waals surface area contributed by atoms with Crippen molar-refractivity contribution in [3.63, 3.8) is 0 Å². The molecule has 0 aromatic heterocycles. The van der Waals surface area contributed by atoms with Crippen molar-refractivity contribution in [2.24, 2.45) is 0 Å². The van der Waals surface area contributed by atoms with E-state index in [-0.39, 0.29) is 5.91 Å². The van der Waals surface area contributed by atoms with Gasteiger partial charge in [0.1, 0.15) is 0 Å². The minimum atomic E-state index is -0.0306. The maximum Gasteiger partial charge on any atom is 0.243 e. The van der Waals surface area contributed by atoms with Crippen molar-refractivity contribution in [2.45, 2.75) is 19.8 Å². The summed E-state index contributed by atoms with van der Waals surface area (Å²) in [5.74, 6) is 0.536. The summed E-state index contributed by atoms with van der Waals surface area (Å²) in [5.41, 5.74) is 0. The molecule has 0 aromatic carbocycles. The molecule has 0 atom stereocenters. The monoisotopic (exact) mass is 175 g/mol.